The highest BCUT2D eigenvalue weighted by atomic mass is 32.2. The Kier molecular flexibility index (Phi) is 4.31. The first-order valence-corrected chi connectivity index (χ1v) is 5.69. The summed E-state index contributed by atoms with van der Waals surface area (Å²) in [5, 5.41) is 0. The molecule has 0 fully saturated rings. The molecule has 1 rings (SSSR count). The number of hydrogen-bond donors (Lipinski definition) is 1. The van der Waals surface area contributed by atoms with E-state index >= 15 is 0 Å². The highest BCUT2D eigenvalue weighted by Crippen LogP contribution is 2.19. The number of furan rings is 1. The zero-order valence-electron chi connectivity index (χ0n) is 8.01. The van der Waals surface area contributed by atoms with Gasteiger partial charge in [-0.2, -0.15) is 0 Å². The lowest BCUT2D eigenvalue weighted by atomic mass is 10.0. The van der Waals surface area contributed by atoms with Crippen molar-refractivity contribution in [3.63, 3.8) is 0 Å². The predicted molar refractivity (Wildman–Crippen MR) is 53.2 cm³/mol. The standard InChI is InChI=1S/C9H15NO3S/c1-7(6-14(11)12)5-8(10)9-3-2-4-13-9/h2-4,7-8H,5-6,10H2,1H3,(H,11,12)/p-1. The Morgan fingerprint density at radius 2 is 2.43 bits per heavy atom. The van der Waals surface area contributed by atoms with Gasteiger partial charge < -0.3 is 14.7 Å². The molecule has 1 aromatic heterocycles. The fraction of sp³-hybridized carbons (Fsp3) is 0.556. The highest BCUT2D eigenvalue weighted by Gasteiger charge is 2.13. The maximum atomic E-state index is 10.4. The third kappa shape index (κ3) is 3.61. The maximum absolute atomic E-state index is 10.4. The average Bonchev–Trinajstić information content (AvgIpc) is 2.53. The number of nitrogens with two attached hydrogens (primary N) is 1. The van der Waals surface area contributed by atoms with Crippen LogP contribution < -0.4 is 5.73 Å². The molecule has 0 spiro atoms. The molecule has 5 heteroatoms. The van der Waals surface area contributed by atoms with Gasteiger partial charge in [0.15, 0.2) is 0 Å². The minimum Gasteiger partial charge on any atom is -0.772 e. The molecule has 0 aromatic carbocycles. The lowest BCUT2D eigenvalue weighted by Crippen LogP contribution is -2.17. The van der Waals surface area contributed by atoms with Crippen LogP contribution in [0.2, 0.25) is 0 Å². The van der Waals surface area contributed by atoms with E-state index in [0.29, 0.717) is 12.2 Å². The molecule has 0 bridgehead atoms. The van der Waals surface area contributed by atoms with Crippen LogP contribution in [-0.2, 0) is 11.1 Å². The van der Waals surface area contributed by atoms with Crippen molar-refractivity contribution in [2.24, 2.45) is 11.7 Å². The van der Waals surface area contributed by atoms with Gasteiger partial charge in [0.1, 0.15) is 5.76 Å². The van der Waals surface area contributed by atoms with Gasteiger partial charge in [-0.15, -0.1) is 0 Å². The molecule has 0 saturated carbocycles. The third-order valence-corrected chi connectivity index (χ3v) is 2.83. The first kappa shape index (κ1) is 11.4. The van der Waals surface area contributed by atoms with Crippen molar-refractivity contribution in [3.05, 3.63) is 24.2 Å². The molecule has 0 saturated heterocycles. The van der Waals surface area contributed by atoms with Crippen LogP contribution in [0, 0.1) is 5.92 Å². The van der Waals surface area contributed by atoms with Crippen molar-refractivity contribution in [2.75, 3.05) is 5.75 Å². The second kappa shape index (κ2) is 5.29. The molecular weight excluding hydrogens is 202 g/mol. The van der Waals surface area contributed by atoms with E-state index in [1.54, 1.807) is 18.4 Å². The normalized spacial score (nSPS) is 17.6. The van der Waals surface area contributed by atoms with Gasteiger partial charge in [-0.05, 0) is 24.5 Å². The molecule has 0 aliphatic rings. The molecule has 3 unspecified atom stereocenters. The van der Waals surface area contributed by atoms with E-state index < -0.39 is 11.1 Å². The van der Waals surface area contributed by atoms with E-state index in [4.69, 9.17) is 10.2 Å². The van der Waals surface area contributed by atoms with E-state index in [9.17, 15) is 8.76 Å². The van der Waals surface area contributed by atoms with Gasteiger partial charge in [0.05, 0.1) is 12.3 Å². The molecule has 80 valence electrons. The molecule has 0 amide bonds. The van der Waals surface area contributed by atoms with E-state index in [0.717, 1.165) is 0 Å². The Morgan fingerprint density at radius 3 is 2.93 bits per heavy atom. The number of hydrogen-bond acceptors (Lipinski definition) is 4. The summed E-state index contributed by atoms with van der Waals surface area (Å²) in [6, 6.07) is 3.35. The fourth-order valence-electron chi connectivity index (χ4n) is 1.35. The van der Waals surface area contributed by atoms with Crippen molar-refractivity contribution >= 4 is 11.1 Å². The molecule has 14 heavy (non-hydrogen) atoms. The smallest absolute Gasteiger partial charge is 0.120 e. The zero-order valence-corrected chi connectivity index (χ0v) is 8.83. The Labute approximate surface area is 85.8 Å². The van der Waals surface area contributed by atoms with Crippen LogP contribution in [-0.4, -0.2) is 14.5 Å². The summed E-state index contributed by atoms with van der Waals surface area (Å²) in [5.41, 5.74) is 5.82. The van der Waals surface area contributed by atoms with Crippen molar-refractivity contribution in [3.8, 4) is 0 Å². The summed E-state index contributed by atoms with van der Waals surface area (Å²) in [6.45, 7) is 1.86. The van der Waals surface area contributed by atoms with Crippen molar-refractivity contribution < 1.29 is 13.2 Å². The summed E-state index contributed by atoms with van der Waals surface area (Å²) in [5.74, 6) is 0.899. The quantitative estimate of drug-likeness (QED) is 0.750. The Morgan fingerprint density at radius 1 is 1.71 bits per heavy atom. The van der Waals surface area contributed by atoms with Gasteiger partial charge in [0.2, 0.25) is 0 Å². The Balaban J connectivity index is 2.41. The van der Waals surface area contributed by atoms with Gasteiger partial charge in [-0.3, -0.25) is 4.21 Å². The molecule has 1 heterocycles. The predicted octanol–water partition coefficient (Wildman–Crippen LogP) is 1.18. The van der Waals surface area contributed by atoms with Gasteiger partial charge in [-0.25, -0.2) is 0 Å². The monoisotopic (exact) mass is 216 g/mol. The SMILES string of the molecule is CC(CC(N)c1ccco1)CS(=O)[O-]. The number of rotatable bonds is 5. The molecule has 0 aliphatic heterocycles. The summed E-state index contributed by atoms with van der Waals surface area (Å²) in [7, 11) is 0. The minimum absolute atomic E-state index is 0.0495. The van der Waals surface area contributed by atoms with Crippen LogP contribution in [0.4, 0.5) is 0 Å². The van der Waals surface area contributed by atoms with Crippen LogP contribution in [0.3, 0.4) is 0 Å². The second-order valence-corrected chi connectivity index (χ2v) is 4.37. The highest BCUT2D eigenvalue weighted by molar-refractivity contribution is 7.79. The van der Waals surface area contributed by atoms with Crippen molar-refractivity contribution in [1.29, 1.82) is 0 Å². The Bertz CT molecular complexity index is 286. The Hall–Kier alpha value is -0.650. The molecule has 4 nitrogen and oxygen atoms in total. The summed E-state index contributed by atoms with van der Waals surface area (Å²) in [4.78, 5) is 0. The van der Waals surface area contributed by atoms with Crippen LogP contribution >= 0.6 is 0 Å². The van der Waals surface area contributed by atoms with Gasteiger partial charge in [-0.1, -0.05) is 18.0 Å². The van der Waals surface area contributed by atoms with E-state index in [-0.39, 0.29) is 17.7 Å². The lowest BCUT2D eigenvalue weighted by molar-refractivity contribution is 0.413. The topological polar surface area (TPSA) is 79.3 Å². The summed E-state index contributed by atoms with van der Waals surface area (Å²) in [6.07, 6.45) is 2.17. The summed E-state index contributed by atoms with van der Waals surface area (Å²) >= 11 is -2.00. The van der Waals surface area contributed by atoms with Crippen LogP contribution in [0.25, 0.3) is 0 Å². The van der Waals surface area contributed by atoms with Crippen LogP contribution in [0.15, 0.2) is 22.8 Å². The van der Waals surface area contributed by atoms with Crippen LogP contribution in [0.5, 0.6) is 0 Å². The maximum Gasteiger partial charge on any atom is 0.120 e. The van der Waals surface area contributed by atoms with E-state index in [2.05, 4.69) is 0 Å². The van der Waals surface area contributed by atoms with Crippen LogP contribution in [0.1, 0.15) is 25.1 Å². The average molecular weight is 216 g/mol. The first-order chi connectivity index (χ1) is 6.59. The second-order valence-electron chi connectivity index (χ2n) is 3.43. The largest absolute Gasteiger partial charge is 0.772 e. The minimum atomic E-state index is -2.00. The molecule has 0 aliphatic carbocycles. The molecule has 0 radical (unpaired) electrons. The third-order valence-electron chi connectivity index (χ3n) is 1.99. The van der Waals surface area contributed by atoms with E-state index in [1.165, 1.54) is 0 Å². The van der Waals surface area contributed by atoms with Crippen molar-refractivity contribution in [2.45, 2.75) is 19.4 Å². The fourth-order valence-corrected chi connectivity index (χ4v) is 1.95. The summed E-state index contributed by atoms with van der Waals surface area (Å²) < 4.78 is 25.9. The van der Waals surface area contributed by atoms with Gasteiger partial charge in [0.25, 0.3) is 0 Å². The lowest BCUT2D eigenvalue weighted by Gasteiger charge is -2.16. The van der Waals surface area contributed by atoms with Crippen molar-refractivity contribution in [1.82, 2.24) is 0 Å². The zero-order chi connectivity index (χ0) is 10.6. The first-order valence-electron chi connectivity index (χ1n) is 4.44. The molecule has 3 atom stereocenters. The van der Waals surface area contributed by atoms with Gasteiger partial charge >= 0.3 is 0 Å². The van der Waals surface area contributed by atoms with E-state index in [1.807, 2.05) is 6.92 Å². The molecule has 2 N–H and O–H groups in total. The van der Waals surface area contributed by atoms with Gasteiger partial charge in [0, 0.05) is 5.75 Å². The molecule has 1 aromatic rings. The molecular formula is C9H14NO3S-.